The number of fused-ring (bicyclic) bond motifs is 1. The van der Waals surface area contributed by atoms with Gasteiger partial charge >= 0.3 is 11.9 Å². The lowest BCUT2D eigenvalue weighted by molar-refractivity contribution is -0.160. The third-order valence-corrected chi connectivity index (χ3v) is 11.8. The van der Waals surface area contributed by atoms with Crippen molar-refractivity contribution in [3.8, 4) is 22.8 Å². The van der Waals surface area contributed by atoms with Crippen molar-refractivity contribution in [3.63, 3.8) is 0 Å². The van der Waals surface area contributed by atoms with Crippen molar-refractivity contribution in [2.24, 2.45) is 23.2 Å². The average molecular weight is 837 g/mol. The van der Waals surface area contributed by atoms with Gasteiger partial charge in [0.1, 0.15) is 40.8 Å². The van der Waals surface area contributed by atoms with Gasteiger partial charge in [-0.3, -0.25) is 14.4 Å². The van der Waals surface area contributed by atoms with Crippen molar-refractivity contribution in [3.05, 3.63) is 78.9 Å². The van der Waals surface area contributed by atoms with Gasteiger partial charge in [0.25, 0.3) is 0 Å². The fourth-order valence-electron chi connectivity index (χ4n) is 8.40. The number of carbonyl (C=O) groups is 5. The van der Waals surface area contributed by atoms with Gasteiger partial charge in [0.05, 0.1) is 31.3 Å². The molecule has 3 aromatic rings. The highest BCUT2D eigenvalue weighted by atomic mass is 16.6. The van der Waals surface area contributed by atoms with Crippen LogP contribution in [0, 0.1) is 23.2 Å². The second kappa shape index (κ2) is 18.1. The van der Waals surface area contributed by atoms with E-state index in [0.29, 0.717) is 34.5 Å². The minimum Gasteiger partial charge on any atom is -0.497 e. The first-order chi connectivity index (χ1) is 28.9. The van der Waals surface area contributed by atoms with Gasteiger partial charge < -0.3 is 34.9 Å². The van der Waals surface area contributed by atoms with Crippen molar-refractivity contribution in [2.75, 3.05) is 14.2 Å². The first-order valence-electron chi connectivity index (χ1n) is 21.2. The molecule has 13 nitrogen and oxygen atoms in total. The monoisotopic (exact) mass is 836 g/mol. The van der Waals surface area contributed by atoms with Gasteiger partial charge in [0.15, 0.2) is 0 Å². The molecule has 3 N–H and O–H groups in total. The van der Waals surface area contributed by atoms with Crippen LogP contribution >= 0.6 is 0 Å². The molecule has 0 radical (unpaired) electrons. The molecule has 2 unspecified atom stereocenters. The molecule has 6 atom stereocenters. The van der Waals surface area contributed by atoms with E-state index in [1.165, 1.54) is 7.11 Å². The summed E-state index contributed by atoms with van der Waals surface area (Å²) in [7, 11) is 2.87. The third-order valence-electron chi connectivity index (χ3n) is 11.8. The van der Waals surface area contributed by atoms with Crippen LogP contribution < -0.4 is 25.4 Å². The van der Waals surface area contributed by atoms with Crippen molar-refractivity contribution < 1.29 is 42.9 Å². The Morgan fingerprint density at radius 2 is 1.62 bits per heavy atom. The minimum atomic E-state index is -1.35. The van der Waals surface area contributed by atoms with Crippen LogP contribution in [0.2, 0.25) is 0 Å². The number of methoxy groups -OCH3 is 2. The maximum absolute atomic E-state index is 14.6. The predicted octanol–water partition coefficient (Wildman–Crippen LogP) is 6.78. The first-order valence-corrected chi connectivity index (χ1v) is 21.2. The molecule has 1 heterocycles. The van der Waals surface area contributed by atoms with E-state index in [9.17, 15) is 24.0 Å². The molecule has 13 heteroatoms. The molecular weight excluding hydrogens is 777 g/mol. The summed E-state index contributed by atoms with van der Waals surface area (Å²) in [6.07, 6.45) is 7.22. The summed E-state index contributed by atoms with van der Waals surface area (Å²) in [5.41, 5.74) is -0.806. The van der Waals surface area contributed by atoms with Crippen LogP contribution in [0.3, 0.4) is 0 Å². The largest absolute Gasteiger partial charge is 0.497 e. The van der Waals surface area contributed by atoms with Crippen LogP contribution in [-0.4, -0.2) is 78.2 Å². The number of ether oxygens (including phenoxy) is 4. The molecule has 0 spiro atoms. The molecule has 326 valence electrons. The topological polar surface area (TPSA) is 171 Å². The van der Waals surface area contributed by atoms with E-state index < -0.39 is 70.3 Å². The molecule has 3 amide bonds. The number of carbonyl (C=O) groups excluding carboxylic acids is 5. The van der Waals surface area contributed by atoms with Gasteiger partial charge in [-0.15, -0.1) is 6.58 Å². The van der Waals surface area contributed by atoms with Gasteiger partial charge in [0.2, 0.25) is 17.7 Å². The Hall–Kier alpha value is -5.72. The molecule has 1 aromatic heterocycles. The number of amides is 3. The zero-order valence-electron chi connectivity index (χ0n) is 36.6. The first kappa shape index (κ1) is 44.8. The summed E-state index contributed by atoms with van der Waals surface area (Å²) in [6.45, 7) is 14.6. The molecule has 0 bridgehead atoms. The second-order valence-corrected chi connectivity index (χ2v) is 18.5. The molecular formula is C48H60N4O9. The van der Waals surface area contributed by atoms with Crippen LogP contribution in [0.5, 0.6) is 11.5 Å². The molecule has 3 aliphatic carbocycles. The number of nitrogens with one attached hydrogen (secondary N) is 3. The fraction of sp³-hybridized carbons (Fsp3) is 0.500. The van der Waals surface area contributed by atoms with E-state index in [2.05, 4.69) is 22.5 Å². The van der Waals surface area contributed by atoms with E-state index in [4.69, 9.17) is 23.9 Å². The van der Waals surface area contributed by atoms with Crippen molar-refractivity contribution in [1.82, 2.24) is 20.9 Å². The van der Waals surface area contributed by atoms with Gasteiger partial charge in [-0.1, -0.05) is 76.4 Å². The van der Waals surface area contributed by atoms with Crippen molar-refractivity contribution >= 4 is 40.6 Å². The van der Waals surface area contributed by atoms with E-state index >= 15 is 0 Å². The number of hydrogen-bond donors (Lipinski definition) is 3. The summed E-state index contributed by atoms with van der Waals surface area (Å²) in [6, 6.07) is 14.9. The lowest BCUT2D eigenvalue weighted by atomic mass is 9.82. The quantitative estimate of drug-likeness (QED) is 0.116. The number of nitrogens with zero attached hydrogens (tertiary/aromatic N) is 1. The Balaban J connectivity index is 1.34. The minimum absolute atomic E-state index is 0.0385. The van der Waals surface area contributed by atoms with Gasteiger partial charge in [0, 0.05) is 41.0 Å². The standard InChI is InChI=1S/C48H60N4O9/c1-10-30-27-48(30,45(57)61-47(5,6)7)52-42(54)35-24-32(60-38-26-36(28-17-13-11-14-18-28)49-37-25-31(58-8)21-22-33(37)38)23-34(35)41(53)51-40(46(2,3)4)43(55)50-39(44(56)59-9)29-19-15-12-16-20-29/h10-11,13-14,17-18,21-23,25-26,29-30,32,35,39-40H,1,12,15-16,19-20,24,27H2,2-9H3,(H,50,55)(H,51,53)(H,52,54)/t30-,32?,35?,39+,40-,48-/m1/s1. The Kier molecular flexibility index (Phi) is 13.3. The molecule has 3 aliphatic rings. The molecule has 61 heavy (non-hydrogen) atoms. The second-order valence-electron chi connectivity index (χ2n) is 18.5. The Morgan fingerprint density at radius 3 is 2.23 bits per heavy atom. The van der Waals surface area contributed by atoms with E-state index in [-0.39, 0.29) is 23.8 Å². The number of benzene rings is 2. The predicted molar refractivity (Wildman–Crippen MR) is 231 cm³/mol. The summed E-state index contributed by atoms with van der Waals surface area (Å²) in [4.78, 5) is 74.9. The fourth-order valence-corrected chi connectivity index (χ4v) is 8.40. The number of aromatic nitrogens is 1. The normalized spacial score (nSPS) is 22.5. The lowest BCUT2D eigenvalue weighted by Gasteiger charge is -2.34. The van der Waals surface area contributed by atoms with Gasteiger partial charge in [-0.25, -0.2) is 14.6 Å². The van der Waals surface area contributed by atoms with Crippen LogP contribution in [-0.2, 0) is 33.4 Å². The van der Waals surface area contributed by atoms with Crippen LogP contribution in [0.1, 0.15) is 86.5 Å². The molecule has 6 rings (SSSR count). The summed E-state index contributed by atoms with van der Waals surface area (Å²) in [5, 5.41) is 9.47. The van der Waals surface area contributed by atoms with Crippen LogP contribution in [0.4, 0.5) is 0 Å². The lowest BCUT2D eigenvalue weighted by Crippen LogP contribution is -2.58. The van der Waals surface area contributed by atoms with Crippen molar-refractivity contribution in [2.45, 2.75) is 116 Å². The zero-order chi connectivity index (χ0) is 44.3. The smallest absolute Gasteiger partial charge is 0.333 e. The molecule has 0 aliphatic heterocycles. The Labute approximate surface area is 358 Å². The summed E-state index contributed by atoms with van der Waals surface area (Å²) >= 11 is 0. The highest BCUT2D eigenvalue weighted by molar-refractivity contribution is 6.04. The third kappa shape index (κ3) is 10.3. The van der Waals surface area contributed by atoms with Crippen LogP contribution in [0.25, 0.3) is 22.2 Å². The zero-order valence-corrected chi connectivity index (χ0v) is 36.6. The molecule has 2 aromatic carbocycles. The molecule has 0 saturated heterocycles. The Bertz CT molecular complexity index is 2180. The number of hydrogen-bond acceptors (Lipinski definition) is 10. The SMILES string of the molecule is C=C[C@@H]1C[C@]1(NC(=O)C1CC(Oc2cc(-c3ccccc3)nc3cc(OC)ccc23)C=C1C(=O)N[C@H](C(=O)N[C@H](C(=O)OC)C1CCCCC1)C(C)(C)C)C(=O)OC(C)(C)C. The maximum atomic E-state index is 14.6. The van der Waals surface area contributed by atoms with E-state index in [1.54, 1.807) is 46.1 Å². The van der Waals surface area contributed by atoms with Crippen molar-refractivity contribution in [1.29, 1.82) is 0 Å². The Morgan fingerprint density at radius 1 is 0.918 bits per heavy atom. The molecule has 2 saturated carbocycles. The number of rotatable bonds is 14. The summed E-state index contributed by atoms with van der Waals surface area (Å²) < 4.78 is 23.1. The van der Waals surface area contributed by atoms with E-state index in [1.807, 2.05) is 69.3 Å². The average Bonchev–Trinajstić information content (AvgIpc) is 3.79. The number of pyridine rings is 1. The number of esters is 2. The van der Waals surface area contributed by atoms with Crippen LogP contribution in [0.15, 0.2) is 78.9 Å². The maximum Gasteiger partial charge on any atom is 0.333 e. The molecule has 2 fully saturated rings. The van der Waals surface area contributed by atoms with E-state index in [0.717, 1.165) is 37.7 Å². The summed E-state index contributed by atoms with van der Waals surface area (Å²) in [5.74, 6) is -3.40. The highest BCUT2D eigenvalue weighted by Gasteiger charge is 2.62. The van der Waals surface area contributed by atoms with Gasteiger partial charge in [-0.2, -0.15) is 0 Å². The highest BCUT2D eigenvalue weighted by Crippen LogP contribution is 2.47. The van der Waals surface area contributed by atoms with Gasteiger partial charge in [-0.05, 0) is 69.6 Å².